The monoisotopic (exact) mass is 356 g/mol. The highest BCUT2D eigenvalue weighted by atomic mass is 16.5. The van der Waals surface area contributed by atoms with Gasteiger partial charge in [0.1, 0.15) is 12.7 Å². The maximum absolute atomic E-state index is 10.8. The number of likely N-dealkylation sites (tertiary alicyclic amines) is 1. The number of rotatable bonds is 4. The Kier molecular flexibility index (Phi) is 4.82. The van der Waals surface area contributed by atoms with Crippen LogP contribution in [0.4, 0.5) is 0 Å². The first kappa shape index (κ1) is 17.6. The molecule has 2 aliphatic rings. The second-order valence-electron chi connectivity index (χ2n) is 7.93. The first-order valence-corrected chi connectivity index (χ1v) is 9.53. The van der Waals surface area contributed by atoms with E-state index >= 15 is 0 Å². The molecule has 0 bridgehead atoms. The molecule has 3 heterocycles. The van der Waals surface area contributed by atoms with Gasteiger partial charge in [0.25, 0.3) is 0 Å². The molecule has 6 heteroatoms. The lowest BCUT2D eigenvalue weighted by molar-refractivity contribution is -0.123. The fourth-order valence-electron chi connectivity index (χ4n) is 4.52. The molecule has 2 aliphatic heterocycles. The van der Waals surface area contributed by atoms with Crippen LogP contribution in [0.2, 0.25) is 0 Å². The minimum atomic E-state index is -0.627. The highest BCUT2D eigenvalue weighted by Crippen LogP contribution is 2.36. The summed E-state index contributed by atoms with van der Waals surface area (Å²) in [6.07, 6.45) is 6.34. The number of aryl methyl sites for hydroxylation is 1. The Morgan fingerprint density at radius 1 is 1.38 bits per heavy atom. The SMILES string of the molecule is Cc1cc(CN2CCC[C@@H]2[C@H]2COCC[C@@]2(C)O)ccc1-n1cncn1. The zero-order valence-electron chi connectivity index (χ0n) is 15.6. The zero-order valence-corrected chi connectivity index (χ0v) is 15.6. The Hall–Kier alpha value is -1.76. The average Bonchev–Trinajstić information content (AvgIpc) is 3.27. The molecule has 2 saturated heterocycles. The maximum Gasteiger partial charge on any atom is 0.138 e. The van der Waals surface area contributed by atoms with Crippen molar-refractivity contribution in [3.05, 3.63) is 42.0 Å². The summed E-state index contributed by atoms with van der Waals surface area (Å²) >= 11 is 0. The van der Waals surface area contributed by atoms with Gasteiger partial charge in [0.2, 0.25) is 0 Å². The van der Waals surface area contributed by atoms with Crippen LogP contribution in [0.5, 0.6) is 0 Å². The molecule has 140 valence electrons. The van der Waals surface area contributed by atoms with E-state index in [0.717, 1.165) is 31.6 Å². The molecule has 0 aliphatic carbocycles. The maximum atomic E-state index is 10.8. The molecule has 4 rings (SSSR count). The minimum Gasteiger partial charge on any atom is -0.390 e. The van der Waals surface area contributed by atoms with E-state index in [-0.39, 0.29) is 5.92 Å². The number of aliphatic hydroxyl groups is 1. The highest BCUT2D eigenvalue weighted by molar-refractivity contribution is 5.41. The number of benzene rings is 1. The van der Waals surface area contributed by atoms with Gasteiger partial charge in [0, 0.05) is 25.1 Å². The number of ether oxygens (including phenoxy) is 1. The molecule has 0 unspecified atom stereocenters. The van der Waals surface area contributed by atoms with Crippen molar-refractivity contribution in [2.24, 2.45) is 5.92 Å². The summed E-state index contributed by atoms with van der Waals surface area (Å²) in [5.41, 5.74) is 2.93. The van der Waals surface area contributed by atoms with Crippen LogP contribution in [0.15, 0.2) is 30.9 Å². The zero-order chi connectivity index (χ0) is 18.1. The van der Waals surface area contributed by atoms with E-state index in [2.05, 4.69) is 40.1 Å². The standard InChI is InChI=1S/C20H28N4O2/c1-15-10-16(5-6-18(15)24-14-21-13-22-24)11-23-8-3-4-19(23)17-12-26-9-7-20(17,2)25/h5-6,10,13-14,17,19,25H,3-4,7-9,11-12H2,1-2H3/t17-,19-,20-/m1/s1. The Labute approximate surface area is 154 Å². The number of hydrogen-bond donors (Lipinski definition) is 1. The summed E-state index contributed by atoms with van der Waals surface area (Å²) in [5.74, 6) is 0.189. The summed E-state index contributed by atoms with van der Waals surface area (Å²) in [4.78, 5) is 6.55. The summed E-state index contributed by atoms with van der Waals surface area (Å²) < 4.78 is 7.50. The van der Waals surface area contributed by atoms with Crippen molar-refractivity contribution in [1.29, 1.82) is 0 Å². The topological polar surface area (TPSA) is 63.4 Å². The van der Waals surface area contributed by atoms with Gasteiger partial charge in [-0.05, 0) is 56.8 Å². The van der Waals surface area contributed by atoms with E-state index in [0.29, 0.717) is 19.3 Å². The van der Waals surface area contributed by atoms with Gasteiger partial charge in [-0.25, -0.2) is 9.67 Å². The molecule has 26 heavy (non-hydrogen) atoms. The molecule has 2 aromatic rings. The number of aromatic nitrogens is 3. The van der Waals surface area contributed by atoms with Gasteiger partial charge in [0.15, 0.2) is 0 Å². The highest BCUT2D eigenvalue weighted by Gasteiger charge is 2.43. The van der Waals surface area contributed by atoms with Gasteiger partial charge < -0.3 is 9.84 Å². The van der Waals surface area contributed by atoms with E-state index in [4.69, 9.17) is 4.74 Å². The molecule has 0 amide bonds. The first-order valence-electron chi connectivity index (χ1n) is 9.53. The van der Waals surface area contributed by atoms with E-state index in [9.17, 15) is 5.11 Å². The fourth-order valence-corrected chi connectivity index (χ4v) is 4.52. The van der Waals surface area contributed by atoms with Crippen LogP contribution in [-0.4, -0.2) is 56.2 Å². The van der Waals surface area contributed by atoms with Crippen LogP contribution in [0, 0.1) is 12.8 Å². The second-order valence-corrected chi connectivity index (χ2v) is 7.93. The van der Waals surface area contributed by atoms with E-state index in [1.807, 2.05) is 6.92 Å². The van der Waals surface area contributed by atoms with Gasteiger partial charge in [-0.1, -0.05) is 12.1 Å². The second kappa shape index (κ2) is 7.10. The summed E-state index contributed by atoms with van der Waals surface area (Å²) in [7, 11) is 0. The molecular weight excluding hydrogens is 328 g/mol. The summed E-state index contributed by atoms with van der Waals surface area (Å²) in [6.45, 7) is 7.42. The molecular formula is C20H28N4O2. The van der Waals surface area contributed by atoms with E-state index in [1.54, 1.807) is 17.3 Å². The average molecular weight is 356 g/mol. The predicted octanol–water partition coefficient (Wildman–Crippen LogP) is 2.33. The van der Waals surface area contributed by atoms with Crippen LogP contribution in [0.25, 0.3) is 5.69 Å². The number of hydrogen-bond acceptors (Lipinski definition) is 5. The Morgan fingerprint density at radius 3 is 3.00 bits per heavy atom. The van der Waals surface area contributed by atoms with E-state index in [1.165, 1.54) is 17.5 Å². The lowest BCUT2D eigenvalue weighted by Crippen LogP contribution is -2.52. The lowest BCUT2D eigenvalue weighted by Gasteiger charge is -2.43. The van der Waals surface area contributed by atoms with E-state index < -0.39 is 5.60 Å². The van der Waals surface area contributed by atoms with Gasteiger partial charge in [0.05, 0.1) is 17.9 Å². The van der Waals surface area contributed by atoms with Crippen LogP contribution < -0.4 is 0 Å². The van der Waals surface area contributed by atoms with Crippen molar-refractivity contribution < 1.29 is 9.84 Å². The van der Waals surface area contributed by atoms with Crippen molar-refractivity contribution in [2.45, 2.75) is 51.3 Å². The molecule has 1 aromatic heterocycles. The van der Waals surface area contributed by atoms with Crippen molar-refractivity contribution in [1.82, 2.24) is 19.7 Å². The van der Waals surface area contributed by atoms with Crippen LogP contribution in [0.3, 0.4) is 0 Å². The lowest BCUT2D eigenvalue weighted by atomic mass is 9.79. The molecule has 2 fully saturated rings. The molecule has 0 spiro atoms. The molecule has 0 saturated carbocycles. The van der Waals surface area contributed by atoms with Crippen molar-refractivity contribution >= 4 is 0 Å². The molecule has 3 atom stereocenters. The van der Waals surface area contributed by atoms with Crippen LogP contribution in [0.1, 0.15) is 37.3 Å². The Balaban J connectivity index is 1.50. The Bertz CT molecular complexity index is 744. The molecule has 1 aromatic carbocycles. The van der Waals surface area contributed by atoms with Crippen molar-refractivity contribution in [3.8, 4) is 5.69 Å². The van der Waals surface area contributed by atoms with Gasteiger partial charge >= 0.3 is 0 Å². The molecule has 6 nitrogen and oxygen atoms in total. The van der Waals surface area contributed by atoms with Crippen LogP contribution >= 0.6 is 0 Å². The van der Waals surface area contributed by atoms with Crippen LogP contribution in [-0.2, 0) is 11.3 Å². The predicted molar refractivity (Wildman–Crippen MR) is 99.1 cm³/mol. The summed E-state index contributed by atoms with van der Waals surface area (Å²) in [5, 5.41) is 15.1. The quantitative estimate of drug-likeness (QED) is 0.911. The third-order valence-electron chi connectivity index (χ3n) is 6.04. The smallest absolute Gasteiger partial charge is 0.138 e. The minimum absolute atomic E-state index is 0.189. The van der Waals surface area contributed by atoms with Gasteiger partial charge in [-0.2, -0.15) is 5.10 Å². The van der Waals surface area contributed by atoms with Gasteiger partial charge in [-0.3, -0.25) is 4.90 Å². The third kappa shape index (κ3) is 3.41. The largest absolute Gasteiger partial charge is 0.390 e. The normalized spacial score (nSPS) is 30.0. The third-order valence-corrected chi connectivity index (χ3v) is 6.04. The summed E-state index contributed by atoms with van der Waals surface area (Å²) in [6, 6.07) is 6.92. The fraction of sp³-hybridized carbons (Fsp3) is 0.600. The molecule has 1 N–H and O–H groups in total. The van der Waals surface area contributed by atoms with Crippen molar-refractivity contribution in [2.75, 3.05) is 19.8 Å². The first-order chi connectivity index (χ1) is 12.5. The van der Waals surface area contributed by atoms with Crippen molar-refractivity contribution in [3.63, 3.8) is 0 Å². The number of nitrogens with zero attached hydrogens (tertiary/aromatic N) is 4. The Morgan fingerprint density at radius 2 is 2.27 bits per heavy atom. The van der Waals surface area contributed by atoms with Gasteiger partial charge in [-0.15, -0.1) is 0 Å². The molecule has 0 radical (unpaired) electrons.